The summed E-state index contributed by atoms with van der Waals surface area (Å²) in [7, 11) is 1.51. The summed E-state index contributed by atoms with van der Waals surface area (Å²) < 4.78 is 16.0. The predicted octanol–water partition coefficient (Wildman–Crippen LogP) is 0.870. The zero-order valence-corrected chi connectivity index (χ0v) is 10.7. The fourth-order valence-electron chi connectivity index (χ4n) is 1.67. The number of hydrogen-bond donors (Lipinski definition) is 1. The number of anilines is 1. The standard InChI is InChI=1S/C11H18N4O3/c1-3-12-9-13-10(16-2)15-11(14-9)18-7-8-5-4-6-17-8/h8H,3-7H2,1-2H3,(H,12,13,14,15). The quantitative estimate of drug-likeness (QED) is 0.806. The molecule has 2 heterocycles. The molecule has 1 saturated heterocycles. The van der Waals surface area contributed by atoms with Crippen LogP contribution >= 0.6 is 0 Å². The molecule has 0 spiro atoms. The van der Waals surface area contributed by atoms with E-state index in [2.05, 4.69) is 20.3 Å². The molecular formula is C11H18N4O3. The van der Waals surface area contributed by atoms with Gasteiger partial charge in [-0.3, -0.25) is 0 Å². The van der Waals surface area contributed by atoms with E-state index in [0.29, 0.717) is 12.6 Å². The van der Waals surface area contributed by atoms with E-state index >= 15 is 0 Å². The van der Waals surface area contributed by atoms with Crippen LogP contribution in [0.4, 0.5) is 5.95 Å². The minimum Gasteiger partial charge on any atom is -0.467 e. The van der Waals surface area contributed by atoms with Crippen LogP contribution in [-0.4, -0.2) is 47.9 Å². The van der Waals surface area contributed by atoms with E-state index in [1.807, 2.05) is 6.92 Å². The average Bonchev–Trinajstić information content (AvgIpc) is 2.89. The van der Waals surface area contributed by atoms with Crippen LogP contribution in [0.3, 0.4) is 0 Å². The zero-order valence-electron chi connectivity index (χ0n) is 10.7. The molecule has 1 aromatic rings. The monoisotopic (exact) mass is 254 g/mol. The van der Waals surface area contributed by atoms with Crippen LogP contribution < -0.4 is 14.8 Å². The van der Waals surface area contributed by atoms with Gasteiger partial charge in [-0.15, -0.1) is 4.98 Å². The molecule has 18 heavy (non-hydrogen) atoms. The van der Waals surface area contributed by atoms with Crippen molar-refractivity contribution in [3.8, 4) is 12.0 Å². The third kappa shape index (κ3) is 3.43. The third-order valence-corrected chi connectivity index (χ3v) is 2.53. The molecule has 1 unspecified atom stereocenters. The molecule has 0 saturated carbocycles. The van der Waals surface area contributed by atoms with Crippen LogP contribution in [0.5, 0.6) is 12.0 Å². The fraction of sp³-hybridized carbons (Fsp3) is 0.727. The first kappa shape index (κ1) is 12.8. The molecule has 100 valence electrons. The van der Waals surface area contributed by atoms with Gasteiger partial charge in [-0.2, -0.15) is 9.97 Å². The second-order valence-corrected chi connectivity index (χ2v) is 3.90. The number of nitrogens with one attached hydrogen (secondary N) is 1. The Kier molecular flexibility index (Phi) is 4.52. The number of aromatic nitrogens is 3. The first-order valence-corrected chi connectivity index (χ1v) is 6.10. The van der Waals surface area contributed by atoms with Gasteiger partial charge < -0.3 is 19.5 Å². The van der Waals surface area contributed by atoms with Gasteiger partial charge >= 0.3 is 12.0 Å². The summed E-state index contributed by atoms with van der Waals surface area (Å²) >= 11 is 0. The van der Waals surface area contributed by atoms with Crippen molar-refractivity contribution in [2.75, 3.05) is 32.2 Å². The van der Waals surface area contributed by atoms with Crippen LogP contribution in [-0.2, 0) is 4.74 Å². The molecule has 2 rings (SSSR count). The van der Waals surface area contributed by atoms with E-state index in [0.717, 1.165) is 26.0 Å². The molecule has 1 aliphatic heterocycles. The van der Waals surface area contributed by atoms with Gasteiger partial charge in [0.05, 0.1) is 13.2 Å². The first-order chi connectivity index (χ1) is 8.81. The molecule has 1 N–H and O–H groups in total. The lowest BCUT2D eigenvalue weighted by molar-refractivity contribution is 0.0642. The molecule has 1 aliphatic rings. The van der Waals surface area contributed by atoms with Gasteiger partial charge in [0.15, 0.2) is 0 Å². The van der Waals surface area contributed by atoms with E-state index in [1.165, 1.54) is 7.11 Å². The van der Waals surface area contributed by atoms with E-state index in [4.69, 9.17) is 14.2 Å². The number of nitrogens with zero attached hydrogens (tertiary/aromatic N) is 3. The van der Waals surface area contributed by atoms with Crippen LogP contribution in [0.15, 0.2) is 0 Å². The summed E-state index contributed by atoms with van der Waals surface area (Å²) in [6.45, 7) is 3.94. The Hall–Kier alpha value is -1.63. The van der Waals surface area contributed by atoms with E-state index in [9.17, 15) is 0 Å². The van der Waals surface area contributed by atoms with Gasteiger partial charge in [0.25, 0.3) is 0 Å². The van der Waals surface area contributed by atoms with Gasteiger partial charge in [-0.05, 0) is 19.8 Å². The predicted molar refractivity (Wildman–Crippen MR) is 65.0 cm³/mol. The Morgan fingerprint density at radius 2 is 2.17 bits per heavy atom. The van der Waals surface area contributed by atoms with Crippen LogP contribution in [0.1, 0.15) is 19.8 Å². The molecule has 0 aliphatic carbocycles. The fourth-order valence-corrected chi connectivity index (χ4v) is 1.67. The lowest BCUT2D eigenvalue weighted by Gasteiger charge is -2.11. The molecular weight excluding hydrogens is 236 g/mol. The van der Waals surface area contributed by atoms with Crippen LogP contribution in [0.25, 0.3) is 0 Å². The highest BCUT2D eigenvalue weighted by Crippen LogP contribution is 2.16. The number of rotatable bonds is 6. The Morgan fingerprint density at radius 1 is 1.33 bits per heavy atom. The van der Waals surface area contributed by atoms with Crippen LogP contribution in [0.2, 0.25) is 0 Å². The largest absolute Gasteiger partial charge is 0.467 e. The molecule has 1 fully saturated rings. The Bertz CT molecular complexity index is 383. The smallest absolute Gasteiger partial charge is 0.324 e. The maximum Gasteiger partial charge on any atom is 0.324 e. The molecule has 0 bridgehead atoms. The third-order valence-electron chi connectivity index (χ3n) is 2.53. The summed E-state index contributed by atoms with van der Waals surface area (Å²) in [5.74, 6) is 0.451. The topological polar surface area (TPSA) is 78.4 Å². The molecule has 0 radical (unpaired) electrons. The van der Waals surface area contributed by atoms with E-state index < -0.39 is 0 Å². The molecule has 1 atom stereocenters. The normalized spacial score (nSPS) is 18.7. The van der Waals surface area contributed by atoms with Crippen molar-refractivity contribution in [1.29, 1.82) is 0 Å². The van der Waals surface area contributed by atoms with Crippen molar-refractivity contribution in [2.24, 2.45) is 0 Å². The molecule has 1 aromatic heterocycles. The maximum atomic E-state index is 5.51. The van der Waals surface area contributed by atoms with Crippen molar-refractivity contribution in [3.05, 3.63) is 0 Å². The Labute approximate surface area is 106 Å². The van der Waals surface area contributed by atoms with Gasteiger partial charge in [-0.25, -0.2) is 0 Å². The summed E-state index contributed by atoms with van der Waals surface area (Å²) in [5, 5.41) is 3.00. The lowest BCUT2D eigenvalue weighted by atomic mass is 10.2. The Morgan fingerprint density at radius 3 is 2.83 bits per heavy atom. The van der Waals surface area contributed by atoms with Crippen molar-refractivity contribution in [1.82, 2.24) is 15.0 Å². The average molecular weight is 254 g/mol. The lowest BCUT2D eigenvalue weighted by Crippen LogP contribution is -2.18. The van der Waals surface area contributed by atoms with Crippen molar-refractivity contribution in [3.63, 3.8) is 0 Å². The van der Waals surface area contributed by atoms with Gasteiger partial charge in [0.2, 0.25) is 5.95 Å². The molecule has 0 aromatic carbocycles. The second-order valence-electron chi connectivity index (χ2n) is 3.90. The number of methoxy groups -OCH3 is 1. The van der Waals surface area contributed by atoms with Crippen molar-refractivity contribution < 1.29 is 14.2 Å². The summed E-state index contributed by atoms with van der Waals surface area (Å²) in [5.41, 5.74) is 0. The van der Waals surface area contributed by atoms with Gasteiger partial charge in [0, 0.05) is 13.2 Å². The van der Waals surface area contributed by atoms with Crippen molar-refractivity contribution >= 4 is 5.95 Å². The van der Waals surface area contributed by atoms with E-state index in [-0.39, 0.29) is 18.1 Å². The maximum absolute atomic E-state index is 5.51. The summed E-state index contributed by atoms with van der Waals surface area (Å²) in [4.78, 5) is 12.2. The minimum absolute atomic E-state index is 0.135. The first-order valence-electron chi connectivity index (χ1n) is 6.10. The highest BCUT2D eigenvalue weighted by molar-refractivity contribution is 5.27. The van der Waals surface area contributed by atoms with Gasteiger partial charge in [-0.1, -0.05) is 0 Å². The SMILES string of the molecule is CCNc1nc(OC)nc(OCC2CCCO2)n1. The zero-order chi connectivity index (χ0) is 12.8. The summed E-state index contributed by atoms with van der Waals surface area (Å²) in [6.07, 6.45) is 2.23. The highest BCUT2D eigenvalue weighted by Gasteiger charge is 2.17. The number of hydrogen-bond acceptors (Lipinski definition) is 7. The molecule has 7 nitrogen and oxygen atoms in total. The number of ether oxygens (including phenoxy) is 3. The van der Waals surface area contributed by atoms with E-state index in [1.54, 1.807) is 0 Å². The molecule has 7 heteroatoms. The van der Waals surface area contributed by atoms with Gasteiger partial charge in [0.1, 0.15) is 6.61 Å². The highest BCUT2D eigenvalue weighted by atomic mass is 16.5. The molecule has 0 amide bonds. The Balaban J connectivity index is 1.98. The van der Waals surface area contributed by atoms with Crippen molar-refractivity contribution in [2.45, 2.75) is 25.9 Å². The second kappa shape index (κ2) is 6.34. The summed E-state index contributed by atoms with van der Waals surface area (Å²) in [6, 6.07) is 0.497. The van der Waals surface area contributed by atoms with Crippen LogP contribution in [0, 0.1) is 0 Å². The minimum atomic E-state index is 0.135.